The zero-order valence-electron chi connectivity index (χ0n) is 15.8. The maximum absolute atomic E-state index is 14.1. The molecule has 3 heterocycles. The molecule has 1 amide bonds. The fraction of sp³-hybridized carbons (Fsp3) is 0.0500. The summed E-state index contributed by atoms with van der Waals surface area (Å²) in [6.45, 7) is 0. The number of hydrogen-bond acceptors (Lipinski definition) is 6. The van der Waals surface area contributed by atoms with Gasteiger partial charge in [-0.15, -0.1) is 0 Å². The molecule has 2 N–H and O–H groups in total. The molecule has 0 spiro atoms. The van der Waals surface area contributed by atoms with Crippen molar-refractivity contribution < 1.29 is 22.6 Å². The summed E-state index contributed by atoms with van der Waals surface area (Å²) >= 11 is 0. The molecule has 5 rings (SSSR count). The summed E-state index contributed by atoms with van der Waals surface area (Å²) in [6.07, 6.45) is -2.77. The predicted octanol–water partition coefficient (Wildman–Crippen LogP) is 3.52. The van der Waals surface area contributed by atoms with E-state index in [2.05, 4.69) is 30.3 Å². The van der Waals surface area contributed by atoms with Gasteiger partial charge < -0.3 is 10.3 Å². The summed E-state index contributed by atoms with van der Waals surface area (Å²) in [6, 6.07) is 10.3. The van der Waals surface area contributed by atoms with Crippen LogP contribution in [0, 0.1) is 0 Å². The van der Waals surface area contributed by atoms with Crippen LogP contribution in [0.2, 0.25) is 0 Å². The number of anilines is 1. The quantitative estimate of drug-likeness (QED) is 0.443. The van der Waals surface area contributed by atoms with E-state index in [0.29, 0.717) is 10.2 Å². The summed E-state index contributed by atoms with van der Waals surface area (Å²) < 4.78 is 47.4. The first-order valence-electron chi connectivity index (χ1n) is 9.13. The zero-order chi connectivity index (χ0) is 22.5. The van der Waals surface area contributed by atoms with Crippen LogP contribution in [0.3, 0.4) is 0 Å². The largest absolute Gasteiger partial charge is 0.434 e. The number of pyridine rings is 1. The molecule has 2 aromatic carbocycles. The molecule has 0 bridgehead atoms. The maximum Gasteiger partial charge on any atom is 0.434 e. The number of benzene rings is 2. The van der Waals surface area contributed by atoms with E-state index in [9.17, 15) is 22.8 Å². The molecule has 160 valence electrons. The first-order chi connectivity index (χ1) is 15.3. The number of nitrogens with one attached hydrogen (secondary N) is 2. The fourth-order valence-electron chi connectivity index (χ4n) is 3.46. The number of halogens is 3. The molecule has 0 aliphatic heterocycles. The Balaban J connectivity index is 1.65. The zero-order valence-corrected chi connectivity index (χ0v) is 15.8. The van der Waals surface area contributed by atoms with Gasteiger partial charge in [-0.05, 0) is 40.6 Å². The monoisotopic (exact) mass is 440 g/mol. The molecule has 5 aromatic rings. The van der Waals surface area contributed by atoms with Crippen LogP contribution in [0.4, 0.5) is 18.9 Å². The second kappa shape index (κ2) is 7.04. The Kier molecular flexibility index (Phi) is 4.29. The molecule has 12 heteroatoms. The lowest BCUT2D eigenvalue weighted by Crippen LogP contribution is -2.21. The molecular formula is C20H11F3N6O3. The Morgan fingerprint density at radius 3 is 2.69 bits per heavy atom. The third-order valence-corrected chi connectivity index (χ3v) is 4.84. The Morgan fingerprint density at radius 1 is 1.06 bits per heavy atom. The number of aromatic amines is 1. The number of hydrogen-bond donors (Lipinski definition) is 2. The van der Waals surface area contributed by atoms with Gasteiger partial charge in [0.15, 0.2) is 11.2 Å². The topological polar surface area (TPSA) is 119 Å². The number of alkyl halides is 3. The third kappa shape index (κ3) is 3.09. The highest BCUT2D eigenvalue weighted by atomic mass is 19.4. The van der Waals surface area contributed by atoms with Crippen LogP contribution in [-0.2, 0) is 6.18 Å². The molecular weight excluding hydrogens is 429 g/mol. The van der Waals surface area contributed by atoms with E-state index in [0.717, 1.165) is 6.20 Å². The molecule has 9 nitrogen and oxygen atoms in total. The number of amides is 1. The molecule has 0 saturated carbocycles. The normalized spacial score (nSPS) is 11.8. The summed E-state index contributed by atoms with van der Waals surface area (Å²) in [4.78, 5) is 27.3. The lowest BCUT2D eigenvalue weighted by Gasteiger charge is -2.14. The highest BCUT2D eigenvalue weighted by Crippen LogP contribution is 2.35. The van der Waals surface area contributed by atoms with Crippen LogP contribution in [-0.4, -0.2) is 31.0 Å². The summed E-state index contributed by atoms with van der Waals surface area (Å²) in [5.74, 6) is -1.04. The number of aromatic nitrogens is 5. The molecule has 3 aromatic heterocycles. The van der Waals surface area contributed by atoms with Crippen LogP contribution >= 0.6 is 0 Å². The van der Waals surface area contributed by atoms with Gasteiger partial charge in [0.1, 0.15) is 5.52 Å². The average Bonchev–Trinajstić information content (AvgIpc) is 3.41. The van der Waals surface area contributed by atoms with E-state index in [1.54, 1.807) is 12.1 Å². The summed E-state index contributed by atoms with van der Waals surface area (Å²) in [5.41, 5.74) is -1.79. The lowest BCUT2D eigenvalue weighted by molar-refractivity contribution is -0.143. The van der Waals surface area contributed by atoms with E-state index in [1.807, 2.05) is 0 Å². The standard InChI is InChI=1S/C20H11F3N6O3/c21-20(22,23)17-12(19(31)26-13-4-2-5-14-16(13)28-32-27-14)9-25-29(17)15-6-1-3-11-10(15)7-8-24-18(11)30/h1-9H,(H,24,30)(H,26,31). The number of H-pyrrole nitrogens is 1. The van der Waals surface area contributed by atoms with Crippen LogP contribution in [0.15, 0.2) is 64.3 Å². The molecule has 0 aliphatic carbocycles. The fourth-order valence-corrected chi connectivity index (χ4v) is 3.46. The van der Waals surface area contributed by atoms with Crippen molar-refractivity contribution in [1.29, 1.82) is 0 Å². The van der Waals surface area contributed by atoms with E-state index in [4.69, 9.17) is 0 Å². The molecule has 0 unspecified atom stereocenters. The van der Waals surface area contributed by atoms with Gasteiger partial charge in [-0.25, -0.2) is 9.31 Å². The Bertz CT molecular complexity index is 1550. The predicted molar refractivity (Wildman–Crippen MR) is 106 cm³/mol. The van der Waals surface area contributed by atoms with Gasteiger partial charge in [0.25, 0.3) is 11.5 Å². The minimum Gasteiger partial charge on any atom is -0.329 e. The molecule has 0 atom stereocenters. The van der Waals surface area contributed by atoms with Gasteiger partial charge in [0, 0.05) is 17.0 Å². The van der Waals surface area contributed by atoms with Gasteiger partial charge in [-0.3, -0.25) is 9.59 Å². The van der Waals surface area contributed by atoms with Crippen molar-refractivity contribution in [2.75, 3.05) is 5.32 Å². The van der Waals surface area contributed by atoms with Crippen molar-refractivity contribution in [2.45, 2.75) is 6.18 Å². The van der Waals surface area contributed by atoms with E-state index >= 15 is 0 Å². The van der Waals surface area contributed by atoms with E-state index < -0.39 is 28.9 Å². The first kappa shape index (κ1) is 19.5. The second-order valence-corrected chi connectivity index (χ2v) is 6.75. The molecule has 0 radical (unpaired) electrons. The Morgan fingerprint density at radius 2 is 1.88 bits per heavy atom. The SMILES string of the molecule is O=C(Nc1cccc2nonc12)c1cnn(-c2cccc3c(=O)[nH]ccc23)c1C(F)(F)F. The van der Waals surface area contributed by atoms with Gasteiger partial charge in [-0.2, -0.15) is 18.3 Å². The average molecular weight is 440 g/mol. The van der Waals surface area contributed by atoms with Gasteiger partial charge in [0.2, 0.25) is 0 Å². The van der Waals surface area contributed by atoms with Gasteiger partial charge >= 0.3 is 6.18 Å². The van der Waals surface area contributed by atoms with Crippen LogP contribution < -0.4 is 10.9 Å². The van der Waals surface area contributed by atoms with Crippen LogP contribution in [0.5, 0.6) is 0 Å². The molecule has 0 aliphatic rings. The molecule has 0 saturated heterocycles. The van der Waals surface area contributed by atoms with Crippen molar-refractivity contribution in [1.82, 2.24) is 25.1 Å². The number of rotatable bonds is 3. The van der Waals surface area contributed by atoms with Crippen LogP contribution in [0.25, 0.3) is 27.5 Å². The van der Waals surface area contributed by atoms with E-state index in [-0.39, 0.29) is 27.7 Å². The summed E-state index contributed by atoms with van der Waals surface area (Å²) in [5, 5.41) is 13.9. The van der Waals surface area contributed by atoms with Crippen molar-refractivity contribution in [3.63, 3.8) is 0 Å². The third-order valence-electron chi connectivity index (χ3n) is 4.84. The van der Waals surface area contributed by atoms with Crippen molar-refractivity contribution in [3.8, 4) is 5.69 Å². The minimum atomic E-state index is -4.92. The van der Waals surface area contributed by atoms with Crippen molar-refractivity contribution in [2.24, 2.45) is 0 Å². The lowest BCUT2D eigenvalue weighted by atomic mass is 10.1. The Hall–Kier alpha value is -4.48. The number of carbonyl (C=O) groups is 1. The van der Waals surface area contributed by atoms with Crippen molar-refractivity contribution >= 4 is 33.4 Å². The number of fused-ring (bicyclic) bond motifs is 2. The number of carbonyl (C=O) groups excluding carboxylic acids is 1. The molecule has 32 heavy (non-hydrogen) atoms. The highest BCUT2D eigenvalue weighted by molar-refractivity contribution is 6.08. The van der Waals surface area contributed by atoms with Gasteiger partial charge in [0.05, 0.1) is 23.1 Å². The minimum absolute atomic E-state index is 0.00257. The van der Waals surface area contributed by atoms with Crippen LogP contribution in [0.1, 0.15) is 16.1 Å². The second-order valence-electron chi connectivity index (χ2n) is 6.75. The molecule has 0 fully saturated rings. The highest BCUT2D eigenvalue weighted by Gasteiger charge is 2.41. The summed E-state index contributed by atoms with van der Waals surface area (Å²) in [7, 11) is 0. The number of nitrogens with zero attached hydrogens (tertiary/aromatic N) is 4. The first-order valence-corrected chi connectivity index (χ1v) is 9.13. The van der Waals surface area contributed by atoms with E-state index in [1.165, 1.54) is 36.5 Å². The maximum atomic E-state index is 14.1. The smallest absolute Gasteiger partial charge is 0.329 e. The van der Waals surface area contributed by atoms with Crippen molar-refractivity contribution in [3.05, 3.63) is 76.5 Å². The Labute approximate surface area is 175 Å². The van der Waals surface area contributed by atoms with Gasteiger partial charge in [-0.1, -0.05) is 12.1 Å².